The first-order valence-electron chi connectivity index (χ1n) is 13.9. The second kappa shape index (κ2) is 13.1. The molecule has 10 heteroatoms. The summed E-state index contributed by atoms with van der Waals surface area (Å²) in [6.45, 7) is 7.59. The zero-order valence-corrected chi connectivity index (χ0v) is 23.9. The van der Waals surface area contributed by atoms with E-state index in [0.29, 0.717) is 38.4 Å². The van der Waals surface area contributed by atoms with E-state index in [4.69, 9.17) is 21.9 Å². The number of rotatable bonds is 10. The van der Waals surface area contributed by atoms with E-state index in [1.54, 1.807) is 0 Å². The van der Waals surface area contributed by atoms with Crippen LogP contribution >= 0.6 is 12.2 Å². The summed E-state index contributed by atoms with van der Waals surface area (Å²) in [4.78, 5) is 21.9. The molecule has 0 aliphatic carbocycles. The lowest BCUT2D eigenvalue weighted by Crippen LogP contribution is -2.40. The zero-order chi connectivity index (χ0) is 27.9. The minimum Gasteiger partial charge on any atom is -0.378 e. The van der Waals surface area contributed by atoms with Crippen molar-refractivity contribution in [2.45, 2.75) is 52.5 Å². The first kappa shape index (κ1) is 27.8. The van der Waals surface area contributed by atoms with Gasteiger partial charge in [0, 0.05) is 42.8 Å². The van der Waals surface area contributed by atoms with Crippen molar-refractivity contribution in [1.82, 2.24) is 35.1 Å². The topological polar surface area (TPSA) is 102 Å². The average molecular weight is 558 g/mol. The molecule has 208 valence electrons. The molecule has 3 heterocycles. The Labute approximate surface area is 239 Å². The summed E-state index contributed by atoms with van der Waals surface area (Å²) in [6, 6.07) is 16.3. The van der Waals surface area contributed by atoms with Crippen LogP contribution < -0.4 is 5.56 Å². The number of aromatic amines is 1. The summed E-state index contributed by atoms with van der Waals surface area (Å²) in [5.41, 5.74) is 5.66. The van der Waals surface area contributed by atoms with Gasteiger partial charge in [-0.2, -0.15) is 0 Å². The molecule has 1 fully saturated rings. The van der Waals surface area contributed by atoms with E-state index in [-0.39, 0.29) is 5.56 Å². The van der Waals surface area contributed by atoms with E-state index in [0.717, 1.165) is 76.7 Å². The van der Waals surface area contributed by atoms with E-state index in [1.165, 1.54) is 0 Å². The van der Waals surface area contributed by atoms with Crippen LogP contribution in [0.5, 0.6) is 0 Å². The fourth-order valence-corrected chi connectivity index (χ4v) is 5.41. The maximum absolute atomic E-state index is 13.9. The molecule has 0 atom stereocenters. The molecule has 2 aromatic heterocycles. The Morgan fingerprint density at radius 1 is 1.05 bits per heavy atom. The number of thiocarbonyl (C=S) groups is 1. The number of benzene rings is 2. The van der Waals surface area contributed by atoms with Crippen LogP contribution in [0.2, 0.25) is 0 Å². The Morgan fingerprint density at radius 2 is 1.80 bits per heavy atom. The van der Waals surface area contributed by atoms with E-state index < -0.39 is 0 Å². The second-order valence-corrected chi connectivity index (χ2v) is 10.5. The summed E-state index contributed by atoms with van der Waals surface area (Å²) in [5, 5.41) is 14.4. The van der Waals surface area contributed by atoms with Crippen LogP contribution in [0.25, 0.3) is 22.5 Å². The number of aromatic nitrogens is 6. The Morgan fingerprint density at radius 3 is 2.50 bits per heavy atom. The van der Waals surface area contributed by atoms with Gasteiger partial charge in [-0.1, -0.05) is 74.1 Å². The molecule has 5 rings (SSSR count). The van der Waals surface area contributed by atoms with Gasteiger partial charge in [0.1, 0.15) is 5.82 Å². The van der Waals surface area contributed by atoms with E-state index in [9.17, 15) is 4.79 Å². The van der Waals surface area contributed by atoms with Crippen molar-refractivity contribution in [1.29, 1.82) is 0 Å². The number of nitrogens with zero attached hydrogens (tertiary/aromatic N) is 6. The predicted octanol–water partition coefficient (Wildman–Crippen LogP) is 4.38. The zero-order valence-electron chi connectivity index (χ0n) is 23.1. The summed E-state index contributed by atoms with van der Waals surface area (Å²) >= 11 is 5.70. The van der Waals surface area contributed by atoms with Crippen molar-refractivity contribution in [2.24, 2.45) is 0 Å². The SMILES string of the molecule is CCCCc1nc(C)c(CCC(=S)N2CCOCC2)c(=O)n1Cc1ccc(-c2ccccc2-c2nnn[nH]2)cc1. The number of hydrogen-bond acceptors (Lipinski definition) is 7. The molecule has 0 spiro atoms. The Kier molecular flexibility index (Phi) is 9.08. The van der Waals surface area contributed by atoms with Crippen LogP contribution in [0.15, 0.2) is 53.3 Å². The fraction of sp³-hybridized carbons (Fsp3) is 0.400. The molecule has 4 aromatic rings. The van der Waals surface area contributed by atoms with Crippen LogP contribution in [0.1, 0.15) is 48.8 Å². The van der Waals surface area contributed by atoms with Gasteiger partial charge in [0.25, 0.3) is 5.56 Å². The van der Waals surface area contributed by atoms with Gasteiger partial charge in [-0.15, -0.1) is 5.10 Å². The van der Waals surface area contributed by atoms with Crippen molar-refractivity contribution in [3.05, 3.63) is 81.5 Å². The summed E-state index contributed by atoms with van der Waals surface area (Å²) < 4.78 is 7.31. The predicted molar refractivity (Wildman–Crippen MR) is 159 cm³/mol. The van der Waals surface area contributed by atoms with Gasteiger partial charge in [-0.05, 0) is 46.9 Å². The third-order valence-electron chi connectivity index (χ3n) is 7.39. The highest BCUT2D eigenvalue weighted by Gasteiger charge is 2.18. The molecule has 0 radical (unpaired) electrons. The van der Waals surface area contributed by atoms with Crippen LogP contribution in [-0.2, 0) is 24.1 Å². The highest BCUT2D eigenvalue weighted by molar-refractivity contribution is 7.80. The monoisotopic (exact) mass is 557 g/mol. The van der Waals surface area contributed by atoms with Gasteiger partial charge in [0.15, 0.2) is 5.82 Å². The number of aryl methyl sites for hydroxylation is 2. The molecule has 1 aliphatic rings. The van der Waals surface area contributed by atoms with Crippen molar-refractivity contribution in [3.8, 4) is 22.5 Å². The molecular formula is C30H35N7O2S. The Bertz CT molecular complexity index is 1490. The van der Waals surface area contributed by atoms with Gasteiger partial charge in [-0.3, -0.25) is 9.36 Å². The molecule has 1 saturated heterocycles. The molecule has 0 amide bonds. The third-order valence-corrected chi connectivity index (χ3v) is 7.85. The van der Waals surface area contributed by atoms with Crippen LogP contribution in [0.3, 0.4) is 0 Å². The van der Waals surface area contributed by atoms with Crippen LogP contribution in [0.4, 0.5) is 0 Å². The molecule has 0 unspecified atom stereocenters. The molecule has 2 aromatic carbocycles. The van der Waals surface area contributed by atoms with Gasteiger partial charge < -0.3 is 9.64 Å². The van der Waals surface area contributed by atoms with Crippen molar-refractivity contribution in [3.63, 3.8) is 0 Å². The van der Waals surface area contributed by atoms with Crippen molar-refractivity contribution < 1.29 is 4.74 Å². The first-order chi connectivity index (χ1) is 19.5. The molecule has 9 nitrogen and oxygen atoms in total. The molecule has 0 saturated carbocycles. The summed E-state index contributed by atoms with van der Waals surface area (Å²) in [7, 11) is 0. The number of ether oxygens (including phenoxy) is 1. The quantitative estimate of drug-likeness (QED) is 0.287. The lowest BCUT2D eigenvalue weighted by atomic mass is 9.98. The highest BCUT2D eigenvalue weighted by Crippen LogP contribution is 2.29. The normalized spacial score (nSPS) is 13.5. The molecule has 1 aliphatic heterocycles. The average Bonchev–Trinajstić information content (AvgIpc) is 3.53. The number of unbranched alkanes of at least 4 members (excludes halogenated alkanes) is 1. The van der Waals surface area contributed by atoms with Crippen molar-refractivity contribution >= 4 is 17.2 Å². The van der Waals surface area contributed by atoms with Gasteiger partial charge in [0.2, 0.25) is 0 Å². The molecule has 0 bridgehead atoms. The van der Waals surface area contributed by atoms with Crippen molar-refractivity contribution in [2.75, 3.05) is 26.3 Å². The second-order valence-electron chi connectivity index (χ2n) is 10.1. The molecular weight excluding hydrogens is 522 g/mol. The minimum absolute atomic E-state index is 0.0376. The van der Waals surface area contributed by atoms with Crippen LogP contribution in [-0.4, -0.2) is 66.4 Å². The Balaban J connectivity index is 1.39. The number of morpholine rings is 1. The standard InChI is InChI=1S/C30H35N7O2S/c1-3-4-9-27-31-21(2)24(14-15-28(40)36-16-18-39-19-17-36)30(38)37(27)20-22-10-12-23(13-11-22)25-7-5-6-8-26(25)29-32-34-35-33-29/h5-8,10-13H,3-4,9,14-20H2,1-2H3,(H,32,33,34,35). The number of H-pyrrole nitrogens is 1. The fourth-order valence-electron chi connectivity index (χ4n) is 5.12. The summed E-state index contributed by atoms with van der Waals surface area (Å²) in [5.74, 6) is 1.47. The summed E-state index contributed by atoms with van der Waals surface area (Å²) in [6.07, 6.45) is 4.05. The number of hydrogen-bond donors (Lipinski definition) is 1. The largest absolute Gasteiger partial charge is 0.378 e. The van der Waals surface area contributed by atoms with E-state index in [2.05, 4.69) is 62.8 Å². The maximum atomic E-state index is 13.9. The minimum atomic E-state index is 0.0376. The number of tetrazole rings is 1. The van der Waals surface area contributed by atoms with Crippen LogP contribution in [0, 0.1) is 6.92 Å². The lowest BCUT2D eigenvalue weighted by Gasteiger charge is -2.29. The smallest absolute Gasteiger partial charge is 0.257 e. The van der Waals surface area contributed by atoms with E-state index >= 15 is 0 Å². The Hall–Kier alpha value is -3.76. The maximum Gasteiger partial charge on any atom is 0.257 e. The highest BCUT2D eigenvalue weighted by atomic mass is 32.1. The third kappa shape index (κ3) is 6.34. The van der Waals surface area contributed by atoms with Gasteiger partial charge >= 0.3 is 0 Å². The lowest BCUT2D eigenvalue weighted by molar-refractivity contribution is 0.0683. The number of nitrogens with one attached hydrogen (secondary N) is 1. The first-order valence-corrected chi connectivity index (χ1v) is 14.3. The van der Waals surface area contributed by atoms with Gasteiger partial charge in [-0.25, -0.2) is 10.1 Å². The molecule has 1 N–H and O–H groups in total. The molecule has 40 heavy (non-hydrogen) atoms. The van der Waals surface area contributed by atoms with E-state index in [1.807, 2.05) is 29.7 Å². The van der Waals surface area contributed by atoms with Gasteiger partial charge in [0.05, 0.1) is 24.7 Å².